The second kappa shape index (κ2) is 2.59. The molecule has 0 radical (unpaired) electrons. The Balaban J connectivity index is 2.31. The van der Waals surface area contributed by atoms with Gasteiger partial charge >= 0.3 is 5.97 Å². The van der Waals surface area contributed by atoms with E-state index in [9.17, 15) is 4.79 Å². The van der Waals surface area contributed by atoms with Gasteiger partial charge in [-0.3, -0.25) is 4.79 Å². The van der Waals surface area contributed by atoms with Crippen LogP contribution in [0.15, 0.2) is 12.2 Å². The van der Waals surface area contributed by atoms with Gasteiger partial charge in [0.2, 0.25) is 0 Å². The van der Waals surface area contributed by atoms with Gasteiger partial charge in [0.1, 0.15) is 0 Å². The number of hydrogen-bond donors (Lipinski definition) is 1. The lowest BCUT2D eigenvalue weighted by atomic mass is 9.78. The smallest absolute Gasteiger partial charge is 0.311 e. The first kappa shape index (κ1) is 8.30. The van der Waals surface area contributed by atoms with Crippen molar-refractivity contribution < 1.29 is 9.90 Å². The van der Waals surface area contributed by atoms with Crippen LogP contribution in [-0.2, 0) is 4.79 Å². The van der Waals surface area contributed by atoms with E-state index in [1.807, 2.05) is 0 Å². The molecule has 0 aliphatic heterocycles. The van der Waals surface area contributed by atoms with Crippen LogP contribution in [0, 0.1) is 17.3 Å². The van der Waals surface area contributed by atoms with E-state index in [0.717, 1.165) is 12.8 Å². The Bertz CT molecular complexity index is 249. The van der Waals surface area contributed by atoms with Crippen LogP contribution in [0.1, 0.15) is 12.8 Å². The number of carboxylic acid groups (broad SMARTS) is 1. The fourth-order valence-corrected chi connectivity index (χ4v) is 3.30. The molecular weight excluding hydrogens is 220 g/mol. The highest BCUT2D eigenvalue weighted by Crippen LogP contribution is 2.53. The fourth-order valence-electron chi connectivity index (χ4n) is 2.41. The van der Waals surface area contributed by atoms with E-state index in [4.69, 9.17) is 5.11 Å². The maximum atomic E-state index is 11.1. The van der Waals surface area contributed by atoms with Crippen LogP contribution in [0.5, 0.6) is 0 Å². The Morgan fingerprint density at radius 2 is 2.42 bits per heavy atom. The number of carbonyl (C=O) groups is 1. The van der Waals surface area contributed by atoms with Crippen LogP contribution in [0.25, 0.3) is 0 Å². The van der Waals surface area contributed by atoms with Crippen LogP contribution in [0.2, 0.25) is 0 Å². The summed E-state index contributed by atoms with van der Waals surface area (Å²) in [5.41, 5.74) is -0.501. The molecule has 3 atom stereocenters. The first-order valence-corrected chi connectivity index (χ1v) is 5.29. The number of hydrogen-bond acceptors (Lipinski definition) is 1. The first-order valence-electron chi connectivity index (χ1n) is 4.17. The Kier molecular flexibility index (Phi) is 1.79. The van der Waals surface area contributed by atoms with Crippen molar-refractivity contribution >= 4 is 21.9 Å². The quantitative estimate of drug-likeness (QED) is 0.583. The van der Waals surface area contributed by atoms with E-state index in [1.165, 1.54) is 0 Å². The number of carboxylic acids is 1. The van der Waals surface area contributed by atoms with Gasteiger partial charge in [-0.05, 0) is 24.7 Å². The summed E-state index contributed by atoms with van der Waals surface area (Å²) in [7, 11) is 0. The lowest BCUT2D eigenvalue weighted by Crippen LogP contribution is -2.36. The van der Waals surface area contributed by atoms with Gasteiger partial charge < -0.3 is 5.11 Å². The molecule has 1 N–H and O–H groups in total. The van der Waals surface area contributed by atoms with Gasteiger partial charge in [-0.15, -0.1) is 0 Å². The molecule has 0 aromatic rings. The zero-order valence-electron chi connectivity index (χ0n) is 6.66. The minimum atomic E-state index is -0.642. The van der Waals surface area contributed by atoms with Crippen LogP contribution < -0.4 is 0 Å². The first-order chi connectivity index (χ1) is 5.69. The molecule has 0 amide bonds. The molecule has 1 saturated carbocycles. The highest BCUT2D eigenvalue weighted by Gasteiger charge is 2.52. The van der Waals surface area contributed by atoms with Crippen LogP contribution in [-0.4, -0.2) is 16.4 Å². The zero-order chi connectivity index (χ0) is 8.77. The molecule has 2 nitrogen and oxygen atoms in total. The highest BCUT2D eigenvalue weighted by atomic mass is 79.9. The topological polar surface area (TPSA) is 37.3 Å². The van der Waals surface area contributed by atoms with Crippen molar-refractivity contribution in [3.05, 3.63) is 12.2 Å². The number of allylic oxidation sites excluding steroid dienone is 2. The lowest BCUT2D eigenvalue weighted by Gasteiger charge is -2.28. The number of rotatable bonds is 2. The van der Waals surface area contributed by atoms with Crippen molar-refractivity contribution in [3.63, 3.8) is 0 Å². The molecule has 0 heterocycles. The van der Waals surface area contributed by atoms with Crippen molar-refractivity contribution in [2.45, 2.75) is 12.8 Å². The third kappa shape index (κ3) is 0.889. The minimum absolute atomic E-state index is 0.263. The van der Waals surface area contributed by atoms with Crippen molar-refractivity contribution in [2.24, 2.45) is 17.3 Å². The molecule has 2 rings (SSSR count). The predicted molar refractivity (Wildman–Crippen MR) is 49.2 cm³/mol. The molecule has 0 aromatic heterocycles. The van der Waals surface area contributed by atoms with E-state index in [2.05, 4.69) is 28.1 Å². The molecule has 12 heavy (non-hydrogen) atoms. The van der Waals surface area contributed by atoms with Gasteiger partial charge in [0.15, 0.2) is 0 Å². The summed E-state index contributed by atoms with van der Waals surface area (Å²) >= 11 is 3.32. The third-order valence-corrected chi connectivity index (χ3v) is 4.17. The summed E-state index contributed by atoms with van der Waals surface area (Å²) in [6.45, 7) is 0. The number of fused-ring (bicyclic) bond motifs is 2. The van der Waals surface area contributed by atoms with Crippen molar-refractivity contribution in [1.29, 1.82) is 0 Å². The molecule has 0 spiro atoms. The van der Waals surface area contributed by atoms with Crippen molar-refractivity contribution in [3.8, 4) is 0 Å². The minimum Gasteiger partial charge on any atom is -0.481 e. The highest BCUT2D eigenvalue weighted by molar-refractivity contribution is 9.09. The summed E-state index contributed by atoms with van der Waals surface area (Å²) in [6.07, 6.45) is 6.09. The average Bonchev–Trinajstić information content (AvgIpc) is 2.62. The Hall–Kier alpha value is -0.310. The standard InChI is InChI=1S/C9H11BrO2/c10-5-9(8(11)12)4-6-1-2-7(9)3-6/h1-2,6-7H,3-5H2,(H,11,12). The molecule has 66 valence electrons. The summed E-state index contributed by atoms with van der Waals surface area (Å²) in [5, 5.41) is 9.71. The number of aliphatic carboxylic acids is 1. The maximum absolute atomic E-state index is 11.1. The van der Waals surface area contributed by atoms with Gasteiger partial charge in [-0.2, -0.15) is 0 Å². The van der Waals surface area contributed by atoms with E-state index < -0.39 is 11.4 Å². The maximum Gasteiger partial charge on any atom is 0.311 e. The largest absolute Gasteiger partial charge is 0.481 e. The second-order valence-electron chi connectivity index (χ2n) is 3.79. The molecule has 3 unspecified atom stereocenters. The van der Waals surface area contributed by atoms with Gasteiger partial charge in [-0.1, -0.05) is 28.1 Å². The van der Waals surface area contributed by atoms with Crippen molar-refractivity contribution in [1.82, 2.24) is 0 Å². The van der Waals surface area contributed by atoms with Gasteiger partial charge in [0.25, 0.3) is 0 Å². The third-order valence-electron chi connectivity index (χ3n) is 3.17. The van der Waals surface area contributed by atoms with E-state index in [1.54, 1.807) is 0 Å². The van der Waals surface area contributed by atoms with Crippen LogP contribution in [0.4, 0.5) is 0 Å². The summed E-state index contributed by atoms with van der Waals surface area (Å²) in [5.74, 6) is 0.138. The molecule has 2 bridgehead atoms. The fraction of sp³-hybridized carbons (Fsp3) is 0.667. The van der Waals surface area contributed by atoms with Gasteiger partial charge in [0.05, 0.1) is 5.41 Å². The molecular formula is C9H11BrO2. The second-order valence-corrected chi connectivity index (χ2v) is 4.35. The molecule has 0 aromatic carbocycles. The number of alkyl halides is 1. The summed E-state index contributed by atoms with van der Waals surface area (Å²) in [4.78, 5) is 11.1. The predicted octanol–water partition coefficient (Wildman–Crippen LogP) is 2.05. The Labute approximate surface area is 79.8 Å². The van der Waals surface area contributed by atoms with Crippen LogP contribution in [0.3, 0.4) is 0 Å². The van der Waals surface area contributed by atoms with E-state index in [-0.39, 0.29) is 5.92 Å². The summed E-state index contributed by atoms with van der Waals surface area (Å²) in [6, 6.07) is 0. The average molecular weight is 231 g/mol. The normalized spacial score (nSPS) is 43.8. The molecule has 3 heteroatoms. The monoisotopic (exact) mass is 230 g/mol. The Morgan fingerprint density at radius 1 is 1.67 bits per heavy atom. The molecule has 2 aliphatic rings. The van der Waals surface area contributed by atoms with Gasteiger partial charge in [0, 0.05) is 5.33 Å². The summed E-state index contributed by atoms with van der Waals surface area (Å²) < 4.78 is 0. The molecule has 2 aliphatic carbocycles. The zero-order valence-corrected chi connectivity index (χ0v) is 8.25. The Morgan fingerprint density at radius 3 is 2.67 bits per heavy atom. The molecule has 1 fully saturated rings. The number of halogens is 1. The van der Waals surface area contributed by atoms with Gasteiger partial charge in [-0.25, -0.2) is 0 Å². The van der Waals surface area contributed by atoms with E-state index in [0.29, 0.717) is 11.2 Å². The van der Waals surface area contributed by atoms with Crippen molar-refractivity contribution in [2.75, 3.05) is 5.33 Å². The van der Waals surface area contributed by atoms with Crippen LogP contribution >= 0.6 is 15.9 Å². The molecule has 0 saturated heterocycles. The van der Waals surface area contributed by atoms with E-state index >= 15 is 0 Å². The SMILES string of the molecule is O=C(O)C1(CBr)CC2C=CC1C2. The lowest BCUT2D eigenvalue weighted by molar-refractivity contribution is -0.148.